The lowest BCUT2D eigenvalue weighted by molar-refractivity contribution is 0.385. The minimum absolute atomic E-state index is 0.138. The van der Waals surface area contributed by atoms with Crippen molar-refractivity contribution in [3.63, 3.8) is 0 Å². The molecule has 0 amide bonds. The molecular weight excluding hydrogens is 508 g/mol. The van der Waals surface area contributed by atoms with Gasteiger partial charge in [-0.1, -0.05) is 159 Å². The molecule has 0 bridgehead atoms. The molecule has 42 heavy (non-hydrogen) atoms. The fourth-order valence-corrected chi connectivity index (χ4v) is 5.07. The van der Waals surface area contributed by atoms with E-state index in [9.17, 15) is 0 Å². The number of nitrogens with zero attached hydrogens (tertiary/aromatic N) is 2. The number of hydrogen-bond donors (Lipinski definition) is 0. The highest BCUT2D eigenvalue weighted by molar-refractivity contribution is 5.84. The second-order valence-corrected chi connectivity index (χ2v) is 11.3. The minimum atomic E-state index is 0.138. The Morgan fingerprint density at radius 1 is 0.857 bits per heavy atom. The number of aliphatic imine (C=N–C) groups is 1. The first kappa shape index (κ1) is 39.1. The molecule has 0 unspecified atom stereocenters. The van der Waals surface area contributed by atoms with Crippen molar-refractivity contribution in [2.45, 2.75) is 126 Å². The average Bonchev–Trinajstić information content (AvgIpc) is 3.01. The van der Waals surface area contributed by atoms with E-state index in [1.54, 1.807) is 0 Å². The summed E-state index contributed by atoms with van der Waals surface area (Å²) in [5, 5.41) is 0. The van der Waals surface area contributed by atoms with Crippen LogP contribution in [0.2, 0.25) is 0 Å². The predicted molar refractivity (Wildman–Crippen MR) is 191 cm³/mol. The molecule has 1 fully saturated rings. The molecule has 1 saturated carbocycles. The van der Waals surface area contributed by atoms with Gasteiger partial charge in [0.15, 0.2) is 0 Å². The minimum Gasteiger partial charge on any atom is -0.352 e. The van der Waals surface area contributed by atoms with Crippen LogP contribution < -0.4 is 0 Å². The van der Waals surface area contributed by atoms with Gasteiger partial charge in [0.25, 0.3) is 0 Å². The highest BCUT2D eigenvalue weighted by Gasteiger charge is 2.22. The number of rotatable bonds is 10. The van der Waals surface area contributed by atoms with E-state index in [-0.39, 0.29) is 6.04 Å². The van der Waals surface area contributed by atoms with Gasteiger partial charge in [-0.05, 0) is 55.7 Å². The van der Waals surface area contributed by atoms with Crippen molar-refractivity contribution in [2.24, 2.45) is 10.9 Å². The zero-order valence-corrected chi connectivity index (χ0v) is 28.9. The molecule has 0 atom stereocenters. The number of benzene rings is 2. The van der Waals surface area contributed by atoms with E-state index in [1.807, 2.05) is 33.8 Å². The van der Waals surface area contributed by atoms with Crippen LogP contribution in [0.1, 0.15) is 137 Å². The molecule has 3 rings (SSSR count). The van der Waals surface area contributed by atoms with E-state index in [0.717, 1.165) is 49.6 Å². The number of allylic oxidation sites excluding steroid dienone is 4. The summed E-state index contributed by atoms with van der Waals surface area (Å²) in [6.07, 6.45) is 14.5. The van der Waals surface area contributed by atoms with E-state index in [1.165, 1.54) is 54.4 Å². The first-order valence-corrected chi connectivity index (χ1v) is 16.7. The van der Waals surface area contributed by atoms with Crippen molar-refractivity contribution in [2.75, 3.05) is 7.05 Å². The Labute approximate surface area is 261 Å². The Morgan fingerprint density at radius 3 is 1.64 bits per heavy atom. The first-order valence-electron chi connectivity index (χ1n) is 16.7. The van der Waals surface area contributed by atoms with Crippen LogP contribution in [0.5, 0.6) is 0 Å². The lowest BCUT2D eigenvalue weighted by atomic mass is 9.91. The summed E-state index contributed by atoms with van der Waals surface area (Å²) < 4.78 is 0. The maximum absolute atomic E-state index is 5.20. The van der Waals surface area contributed by atoms with Gasteiger partial charge in [-0.3, -0.25) is 0 Å². The molecule has 234 valence electrons. The SMILES string of the molecule is C=C(C)C.C=C/C(CCC)=C(/CC)N=C(CCC)N(C)C(c1ccccc1)c1ccccc1.CC.CC1CCCCC1. The lowest BCUT2D eigenvalue weighted by Gasteiger charge is -2.32. The Kier molecular flexibility index (Phi) is 23.0. The summed E-state index contributed by atoms with van der Waals surface area (Å²) in [7, 11) is 2.18. The van der Waals surface area contributed by atoms with Crippen LogP contribution >= 0.6 is 0 Å². The van der Waals surface area contributed by atoms with E-state index in [0.29, 0.717) is 0 Å². The molecule has 0 spiro atoms. The molecule has 0 N–H and O–H groups in total. The van der Waals surface area contributed by atoms with Crippen LogP contribution in [0.25, 0.3) is 0 Å². The van der Waals surface area contributed by atoms with Crippen LogP contribution in [-0.2, 0) is 0 Å². The Morgan fingerprint density at radius 2 is 1.31 bits per heavy atom. The van der Waals surface area contributed by atoms with E-state index < -0.39 is 0 Å². The van der Waals surface area contributed by atoms with Crippen molar-refractivity contribution in [3.8, 4) is 0 Å². The molecule has 1 aliphatic rings. The smallest absolute Gasteiger partial charge is 0.105 e. The molecule has 0 heterocycles. The zero-order valence-electron chi connectivity index (χ0n) is 28.9. The Bertz CT molecular complexity index is 967. The second-order valence-electron chi connectivity index (χ2n) is 11.3. The van der Waals surface area contributed by atoms with Gasteiger partial charge in [-0.15, -0.1) is 6.58 Å². The third-order valence-electron chi connectivity index (χ3n) is 7.13. The molecule has 2 heteroatoms. The highest BCUT2D eigenvalue weighted by Crippen LogP contribution is 2.29. The maximum atomic E-state index is 5.20. The molecule has 1 aliphatic carbocycles. The molecule has 0 aromatic heterocycles. The summed E-state index contributed by atoms with van der Waals surface area (Å²) in [4.78, 5) is 7.55. The predicted octanol–water partition coefficient (Wildman–Crippen LogP) is 12.8. The summed E-state index contributed by atoms with van der Waals surface area (Å²) in [6, 6.07) is 21.6. The maximum Gasteiger partial charge on any atom is 0.105 e. The fraction of sp³-hybridized carbons (Fsp3) is 0.525. The van der Waals surface area contributed by atoms with Gasteiger partial charge < -0.3 is 4.90 Å². The lowest BCUT2D eigenvalue weighted by Crippen LogP contribution is -2.32. The molecule has 0 saturated heterocycles. The van der Waals surface area contributed by atoms with Gasteiger partial charge in [0.2, 0.25) is 0 Å². The number of hydrogen-bond acceptors (Lipinski definition) is 1. The van der Waals surface area contributed by atoms with Gasteiger partial charge in [-0.2, -0.15) is 0 Å². The first-order chi connectivity index (χ1) is 20.3. The van der Waals surface area contributed by atoms with Gasteiger partial charge in [-0.25, -0.2) is 4.99 Å². The monoisotopic (exact) mass is 573 g/mol. The standard InChI is InChI=1S/C27H36N2.C7H14.C4H8.C2H6/c1-6-16-22(8-3)25(9-4)28-26(17-7-2)29(5)27(23-18-12-10-13-19-23)24-20-14-11-15-21-24;1-7-5-3-2-4-6-7;1-4(2)3;1-2/h8,10-15,18-21,27H,3,6-7,9,16-17H2,1-2,4-5H3;7H,2-6H2,1H3;1H2,2-3H3;1-2H3/b25-22+,28-26?;;;. The average molecular weight is 573 g/mol. The Hall–Kier alpha value is -2.87. The largest absolute Gasteiger partial charge is 0.352 e. The van der Waals surface area contributed by atoms with Crippen molar-refractivity contribution < 1.29 is 0 Å². The van der Waals surface area contributed by atoms with Crippen molar-refractivity contribution in [1.29, 1.82) is 0 Å². The fourth-order valence-electron chi connectivity index (χ4n) is 5.07. The van der Waals surface area contributed by atoms with Crippen molar-refractivity contribution >= 4 is 5.84 Å². The third-order valence-corrected chi connectivity index (χ3v) is 7.13. The molecule has 2 aromatic carbocycles. The van der Waals surface area contributed by atoms with Gasteiger partial charge in [0.05, 0.1) is 6.04 Å². The quantitative estimate of drug-likeness (QED) is 0.120. The summed E-state index contributed by atoms with van der Waals surface area (Å²) in [5.41, 5.74) is 6.17. The molecule has 0 radical (unpaired) electrons. The molecule has 0 aliphatic heterocycles. The summed E-state index contributed by atoms with van der Waals surface area (Å²) in [5.74, 6) is 2.17. The van der Waals surface area contributed by atoms with Gasteiger partial charge >= 0.3 is 0 Å². The second kappa shape index (κ2) is 24.7. The zero-order chi connectivity index (χ0) is 31.8. The van der Waals surface area contributed by atoms with Crippen LogP contribution in [0.15, 0.2) is 102 Å². The molecular formula is C40H64N2. The normalized spacial score (nSPS) is 13.7. The van der Waals surface area contributed by atoms with Crippen LogP contribution in [-0.4, -0.2) is 17.8 Å². The Balaban J connectivity index is 0.00000107. The van der Waals surface area contributed by atoms with Crippen LogP contribution in [0, 0.1) is 5.92 Å². The van der Waals surface area contributed by atoms with Crippen LogP contribution in [0.4, 0.5) is 0 Å². The topological polar surface area (TPSA) is 15.6 Å². The molecule has 2 aromatic rings. The van der Waals surface area contributed by atoms with E-state index >= 15 is 0 Å². The summed E-state index contributed by atoms with van der Waals surface area (Å²) >= 11 is 0. The van der Waals surface area contributed by atoms with E-state index in [4.69, 9.17) is 4.99 Å². The van der Waals surface area contributed by atoms with E-state index in [2.05, 4.69) is 113 Å². The number of amidine groups is 1. The molecule has 2 nitrogen and oxygen atoms in total. The van der Waals surface area contributed by atoms with Gasteiger partial charge in [0, 0.05) is 19.2 Å². The van der Waals surface area contributed by atoms with Crippen LogP contribution in [0.3, 0.4) is 0 Å². The highest BCUT2D eigenvalue weighted by atomic mass is 15.2. The summed E-state index contributed by atoms with van der Waals surface area (Å²) in [6.45, 7) is 24.5. The van der Waals surface area contributed by atoms with Crippen molar-refractivity contribution in [1.82, 2.24) is 4.90 Å². The van der Waals surface area contributed by atoms with Crippen molar-refractivity contribution in [3.05, 3.63) is 108 Å². The third kappa shape index (κ3) is 15.9. The van der Waals surface area contributed by atoms with Gasteiger partial charge in [0.1, 0.15) is 5.84 Å².